The largest absolute Gasteiger partial charge is 0.416 e. The van der Waals surface area contributed by atoms with Gasteiger partial charge in [-0.05, 0) is 69.2 Å². The topological polar surface area (TPSA) is 66.5 Å². The van der Waals surface area contributed by atoms with Gasteiger partial charge in [0.15, 0.2) is 0 Å². The molecule has 0 unspecified atom stereocenters. The minimum Gasteiger partial charge on any atom is -0.325 e. The summed E-state index contributed by atoms with van der Waals surface area (Å²) in [5, 5.41) is 5.46. The molecule has 9 heteroatoms. The van der Waals surface area contributed by atoms with Gasteiger partial charge < -0.3 is 5.32 Å². The molecule has 4 aromatic carbocycles. The Hall–Kier alpha value is -4.11. The number of nitrogens with one attached hydrogen (secondary N) is 1. The van der Waals surface area contributed by atoms with Gasteiger partial charge in [-0.2, -0.15) is 13.2 Å². The first-order chi connectivity index (χ1) is 17.2. The van der Waals surface area contributed by atoms with Gasteiger partial charge >= 0.3 is 6.18 Å². The van der Waals surface area contributed by atoms with Crippen LogP contribution in [0.3, 0.4) is 0 Å². The van der Waals surface area contributed by atoms with E-state index in [9.17, 15) is 27.6 Å². The van der Waals surface area contributed by atoms with E-state index in [-0.39, 0.29) is 10.6 Å². The zero-order valence-electron chi connectivity index (χ0n) is 18.5. The fourth-order valence-corrected chi connectivity index (χ4v) is 4.91. The van der Waals surface area contributed by atoms with Gasteiger partial charge in [0.1, 0.15) is 6.54 Å². The Kier molecular flexibility index (Phi) is 6.01. The molecular formula is C27H17F3N2O3S. The summed E-state index contributed by atoms with van der Waals surface area (Å²) < 4.78 is 38.8. The molecule has 0 spiro atoms. The first-order valence-electron chi connectivity index (χ1n) is 10.8. The highest BCUT2D eigenvalue weighted by Gasteiger charge is 2.36. The van der Waals surface area contributed by atoms with Crippen LogP contribution in [-0.2, 0) is 15.8 Å². The van der Waals surface area contributed by atoms with Crippen molar-refractivity contribution in [2.45, 2.75) is 6.18 Å². The molecule has 1 aliphatic heterocycles. The maximum Gasteiger partial charge on any atom is 0.416 e. The van der Waals surface area contributed by atoms with Crippen LogP contribution in [0.15, 0.2) is 83.8 Å². The highest BCUT2D eigenvalue weighted by atomic mass is 32.2. The number of nitrogens with zero attached hydrogens (tertiary/aromatic N) is 1. The Morgan fingerprint density at radius 3 is 2.17 bits per heavy atom. The second-order valence-electron chi connectivity index (χ2n) is 8.13. The van der Waals surface area contributed by atoms with Crippen molar-refractivity contribution in [2.24, 2.45) is 0 Å². The van der Waals surface area contributed by atoms with E-state index in [1.165, 1.54) is 6.07 Å². The Bertz CT molecular complexity index is 1530. The van der Waals surface area contributed by atoms with Gasteiger partial charge in [0, 0.05) is 5.69 Å². The lowest BCUT2D eigenvalue weighted by molar-refractivity contribution is -0.137. The lowest BCUT2D eigenvalue weighted by Crippen LogP contribution is -2.36. The summed E-state index contributed by atoms with van der Waals surface area (Å²) in [4.78, 5) is 39.1. The molecule has 1 aliphatic rings. The molecule has 5 nitrogen and oxygen atoms in total. The standard InChI is InChI=1S/C27H17F3N2O3S/c28-27(29,30)18-8-5-9-19(13-18)31-24(33)15-32-25(34)23(36-26(32)35)14-22-20-10-3-1-6-16(20)12-17-7-2-4-11-21(17)22/h1-14H,15H2,(H,31,33)/b23-14-. The number of benzene rings is 4. The molecule has 180 valence electrons. The maximum atomic E-state index is 13.1. The molecule has 36 heavy (non-hydrogen) atoms. The molecule has 4 aromatic rings. The second kappa shape index (κ2) is 9.16. The Balaban J connectivity index is 1.41. The van der Waals surface area contributed by atoms with Crippen LogP contribution < -0.4 is 5.32 Å². The van der Waals surface area contributed by atoms with E-state index in [2.05, 4.69) is 5.32 Å². The second-order valence-corrected chi connectivity index (χ2v) is 9.12. The summed E-state index contributed by atoms with van der Waals surface area (Å²) in [6, 6.07) is 21.6. The number of anilines is 1. The van der Waals surface area contributed by atoms with Gasteiger partial charge in [-0.3, -0.25) is 19.3 Å². The predicted molar refractivity (Wildman–Crippen MR) is 134 cm³/mol. The summed E-state index contributed by atoms with van der Waals surface area (Å²) in [7, 11) is 0. The lowest BCUT2D eigenvalue weighted by Gasteiger charge is -2.13. The van der Waals surface area contributed by atoms with Crippen molar-refractivity contribution in [1.82, 2.24) is 4.90 Å². The van der Waals surface area contributed by atoms with Crippen LogP contribution in [0.4, 0.5) is 23.7 Å². The molecule has 5 rings (SSSR count). The van der Waals surface area contributed by atoms with E-state index in [1.807, 2.05) is 54.6 Å². The summed E-state index contributed by atoms with van der Waals surface area (Å²) in [5.41, 5.74) is -0.223. The number of halogens is 3. The molecule has 0 aromatic heterocycles. The van der Waals surface area contributed by atoms with Gasteiger partial charge in [0.25, 0.3) is 11.1 Å². The van der Waals surface area contributed by atoms with E-state index in [4.69, 9.17) is 0 Å². The van der Waals surface area contributed by atoms with Crippen molar-refractivity contribution in [2.75, 3.05) is 11.9 Å². The van der Waals surface area contributed by atoms with Crippen LogP contribution in [0.25, 0.3) is 27.6 Å². The highest BCUT2D eigenvalue weighted by molar-refractivity contribution is 8.18. The number of fused-ring (bicyclic) bond motifs is 2. The molecule has 0 aliphatic carbocycles. The number of thioether (sulfide) groups is 1. The smallest absolute Gasteiger partial charge is 0.325 e. The Morgan fingerprint density at radius 2 is 1.53 bits per heavy atom. The van der Waals surface area contributed by atoms with E-state index in [0.717, 1.165) is 62.0 Å². The number of amides is 3. The number of carbonyl (C=O) groups is 3. The van der Waals surface area contributed by atoms with Crippen molar-refractivity contribution in [1.29, 1.82) is 0 Å². The summed E-state index contributed by atoms with van der Waals surface area (Å²) in [6.45, 7) is -0.617. The summed E-state index contributed by atoms with van der Waals surface area (Å²) in [5.74, 6) is -1.42. The SMILES string of the molecule is O=C(CN1C(=O)S/C(=C\c2c3ccccc3cc3ccccc23)C1=O)Nc1cccc(C(F)(F)F)c1. The molecule has 0 atom stereocenters. The number of hydrogen-bond acceptors (Lipinski definition) is 4. The van der Waals surface area contributed by atoms with Crippen LogP contribution in [0.2, 0.25) is 0 Å². The molecule has 1 fully saturated rings. The minimum absolute atomic E-state index is 0.0837. The fraction of sp³-hybridized carbons (Fsp3) is 0.0741. The zero-order valence-corrected chi connectivity index (χ0v) is 19.3. The van der Waals surface area contributed by atoms with Crippen molar-refractivity contribution in [3.05, 3.63) is 94.9 Å². The molecule has 0 bridgehead atoms. The van der Waals surface area contributed by atoms with Crippen LogP contribution in [-0.4, -0.2) is 28.5 Å². The van der Waals surface area contributed by atoms with Crippen molar-refractivity contribution in [3.63, 3.8) is 0 Å². The molecular weight excluding hydrogens is 489 g/mol. The third-order valence-electron chi connectivity index (χ3n) is 5.74. The molecule has 1 N–H and O–H groups in total. The summed E-state index contributed by atoms with van der Waals surface area (Å²) in [6.07, 6.45) is -2.91. The predicted octanol–water partition coefficient (Wildman–Crippen LogP) is 6.69. The van der Waals surface area contributed by atoms with E-state index < -0.39 is 35.3 Å². The van der Waals surface area contributed by atoms with Crippen LogP contribution in [0, 0.1) is 0 Å². The average molecular weight is 507 g/mol. The molecule has 0 saturated carbocycles. The van der Waals surface area contributed by atoms with Gasteiger partial charge in [-0.15, -0.1) is 0 Å². The average Bonchev–Trinajstić information content (AvgIpc) is 3.10. The monoisotopic (exact) mass is 506 g/mol. The minimum atomic E-state index is -4.57. The number of hydrogen-bond donors (Lipinski definition) is 1. The van der Waals surface area contributed by atoms with Crippen LogP contribution in [0.1, 0.15) is 11.1 Å². The van der Waals surface area contributed by atoms with Gasteiger partial charge in [-0.1, -0.05) is 54.6 Å². The van der Waals surface area contributed by atoms with Crippen molar-refractivity contribution in [3.8, 4) is 0 Å². The highest BCUT2D eigenvalue weighted by Crippen LogP contribution is 2.36. The molecule has 1 saturated heterocycles. The van der Waals surface area contributed by atoms with E-state index >= 15 is 0 Å². The zero-order chi connectivity index (χ0) is 25.4. The number of imide groups is 1. The van der Waals surface area contributed by atoms with E-state index in [1.54, 1.807) is 6.08 Å². The first-order valence-corrected chi connectivity index (χ1v) is 11.7. The van der Waals surface area contributed by atoms with E-state index in [0.29, 0.717) is 0 Å². The van der Waals surface area contributed by atoms with Crippen molar-refractivity contribution >= 4 is 62.1 Å². The lowest BCUT2D eigenvalue weighted by atomic mass is 9.96. The fourth-order valence-electron chi connectivity index (χ4n) is 4.09. The molecule has 3 amide bonds. The third kappa shape index (κ3) is 4.57. The van der Waals surface area contributed by atoms with Crippen LogP contribution >= 0.6 is 11.8 Å². The third-order valence-corrected chi connectivity index (χ3v) is 6.64. The van der Waals surface area contributed by atoms with Gasteiger partial charge in [0.05, 0.1) is 10.5 Å². The number of carbonyl (C=O) groups excluding carboxylic acids is 3. The molecule has 0 radical (unpaired) electrons. The number of rotatable bonds is 4. The Labute approximate surface area is 207 Å². The maximum absolute atomic E-state index is 13.1. The van der Waals surface area contributed by atoms with Gasteiger partial charge in [0.2, 0.25) is 5.91 Å². The Morgan fingerprint density at radius 1 is 0.889 bits per heavy atom. The normalized spacial score (nSPS) is 15.3. The number of alkyl halides is 3. The van der Waals surface area contributed by atoms with Gasteiger partial charge in [-0.25, -0.2) is 0 Å². The quantitative estimate of drug-likeness (QED) is 0.248. The first kappa shape index (κ1) is 23.6. The summed E-state index contributed by atoms with van der Waals surface area (Å²) >= 11 is 0.718. The van der Waals surface area contributed by atoms with Crippen molar-refractivity contribution < 1.29 is 27.6 Å². The van der Waals surface area contributed by atoms with Crippen LogP contribution in [0.5, 0.6) is 0 Å². The molecule has 1 heterocycles.